The van der Waals surface area contributed by atoms with E-state index in [2.05, 4.69) is 10.2 Å². The number of halogens is 3. The lowest BCUT2D eigenvalue weighted by molar-refractivity contribution is -0.137. The Hall–Kier alpha value is -1.74. The molecule has 0 bridgehead atoms. The molecule has 0 spiro atoms. The first-order chi connectivity index (χ1) is 9.99. The van der Waals surface area contributed by atoms with Crippen LogP contribution in [0.1, 0.15) is 24.0 Å². The molecule has 2 atom stereocenters. The smallest absolute Gasteiger partial charge is 0.371 e. The van der Waals surface area contributed by atoms with E-state index in [9.17, 15) is 13.2 Å². The lowest BCUT2D eigenvalue weighted by Crippen LogP contribution is -2.44. The number of fused-ring (bicyclic) bond motifs is 1. The summed E-state index contributed by atoms with van der Waals surface area (Å²) in [5, 5.41) is 12.4. The highest BCUT2D eigenvalue weighted by Crippen LogP contribution is 2.35. The van der Waals surface area contributed by atoms with Gasteiger partial charge in [-0.25, -0.2) is 0 Å². The maximum Gasteiger partial charge on any atom is 0.417 e. The third-order valence-electron chi connectivity index (χ3n) is 4.45. The van der Waals surface area contributed by atoms with E-state index in [-0.39, 0.29) is 5.56 Å². The molecular weight excluding hydrogens is 279 g/mol. The lowest BCUT2D eigenvalue weighted by atomic mass is 9.92. The molecular formula is C15H16F3N3. The Balaban J connectivity index is 1.85. The quantitative estimate of drug-likeness (QED) is 0.866. The van der Waals surface area contributed by atoms with Crippen LogP contribution in [0.4, 0.5) is 18.9 Å². The fourth-order valence-corrected chi connectivity index (χ4v) is 3.35. The van der Waals surface area contributed by atoms with Gasteiger partial charge in [-0.05, 0) is 43.5 Å². The molecule has 0 aromatic heterocycles. The molecule has 1 N–H and O–H groups in total. The topological polar surface area (TPSA) is 39.1 Å². The van der Waals surface area contributed by atoms with Crippen molar-refractivity contribution < 1.29 is 13.2 Å². The standard InChI is InChI=1S/C15H16F3N3/c16-15(17,18)13-2-1-12(7-11(13)8-19)21-6-4-14-10(9-21)3-5-20-14/h1-2,7,10,14,20H,3-6,9H2. The minimum atomic E-state index is -4.48. The Morgan fingerprint density at radius 2 is 2.10 bits per heavy atom. The van der Waals surface area contributed by atoms with Gasteiger partial charge in [-0.15, -0.1) is 0 Å². The van der Waals surface area contributed by atoms with Gasteiger partial charge in [-0.2, -0.15) is 18.4 Å². The molecule has 2 aliphatic rings. The fourth-order valence-electron chi connectivity index (χ4n) is 3.35. The van der Waals surface area contributed by atoms with Crippen molar-refractivity contribution in [2.75, 3.05) is 24.5 Å². The van der Waals surface area contributed by atoms with Crippen LogP contribution in [0.25, 0.3) is 0 Å². The molecule has 21 heavy (non-hydrogen) atoms. The van der Waals surface area contributed by atoms with E-state index < -0.39 is 11.7 Å². The summed E-state index contributed by atoms with van der Waals surface area (Å²) < 4.78 is 38.4. The third kappa shape index (κ3) is 2.70. The minimum Gasteiger partial charge on any atom is -0.371 e. The molecule has 6 heteroatoms. The summed E-state index contributed by atoms with van der Waals surface area (Å²) in [5.41, 5.74) is -0.442. The normalized spacial score (nSPS) is 25.5. The van der Waals surface area contributed by atoms with E-state index in [1.165, 1.54) is 12.1 Å². The van der Waals surface area contributed by atoms with Crippen molar-refractivity contribution in [2.45, 2.75) is 25.1 Å². The lowest BCUT2D eigenvalue weighted by Gasteiger charge is -2.36. The summed E-state index contributed by atoms with van der Waals surface area (Å²) in [6.07, 6.45) is -2.38. The van der Waals surface area contributed by atoms with Crippen LogP contribution in [0.5, 0.6) is 0 Å². The first-order valence-electron chi connectivity index (χ1n) is 7.08. The van der Waals surface area contributed by atoms with E-state index >= 15 is 0 Å². The van der Waals surface area contributed by atoms with Crippen LogP contribution in [0, 0.1) is 17.2 Å². The van der Waals surface area contributed by atoms with Gasteiger partial charge in [0.2, 0.25) is 0 Å². The Bertz CT molecular complexity index is 577. The van der Waals surface area contributed by atoms with Crippen molar-refractivity contribution >= 4 is 5.69 Å². The maximum atomic E-state index is 12.8. The second-order valence-electron chi connectivity index (χ2n) is 5.68. The molecule has 1 aromatic rings. The van der Waals surface area contributed by atoms with Gasteiger partial charge >= 0.3 is 6.18 Å². The number of rotatable bonds is 1. The predicted octanol–water partition coefficient (Wildman–Crippen LogP) is 2.77. The zero-order valence-corrected chi connectivity index (χ0v) is 11.5. The number of nitrogens with zero attached hydrogens (tertiary/aromatic N) is 2. The van der Waals surface area contributed by atoms with Gasteiger partial charge in [0.25, 0.3) is 0 Å². The van der Waals surface area contributed by atoms with Gasteiger partial charge in [0.05, 0.1) is 17.2 Å². The van der Waals surface area contributed by atoms with E-state index in [0.717, 1.165) is 38.5 Å². The van der Waals surface area contributed by atoms with Crippen molar-refractivity contribution in [2.24, 2.45) is 5.92 Å². The number of nitriles is 1. The third-order valence-corrected chi connectivity index (χ3v) is 4.45. The van der Waals surface area contributed by atoms with Gasteiger partial charge in [0.1, 0.15) is 0 Å². The van der Waals surface area contributed by atoms with Crippen LogP contribution < -0.4 is 10.2 Å². The van der Waals surface area contributed by atoms with E-state index in [1.54, 1.807) is 6.07 Å². The summed E-state index contributed by atoms with van der Waals surface area (Å²) in [7, 11) is 0. The average molecular weight is 295 g/mol. The molecule has 0 aliphatic carbocycles. The van der Waals surface area contributed by atoms with Gasteiger partial charge in [0.15, 0.2) is 0 Å². The predicted molar refractivity (Wildman–Crippen MR) is 72.9 cm³/mol. The van der Waals surface area contributed by atoms with Crippen molar-refractivity contribution in [1.29, 1.82) is 5.26 Å². The van der Waals surface area contributed by atoms with Crippen LogP contribution in [0.2, 0.25) is 0 Å². The number of piperidine rings is 1. The van der Waals surface area contributed by atoms with Gasteiger partial charge in [-0.1, -0.05) is 0 Å². The molecule has 2 saturated heterocycles. The summed E-state index contributed by atoms with van der Waals surface area (Å²) >= 11 is 0. The Morgan fingerprint density at radius 1 is 1.29 bits per heavy atom. The highest BCUT2D eigenvalue weighted by atomic mass is 19.4. The van der Waals surface area contributed by atoms with Crippen molar-refractivity contribution in [3.05, 3.63) is 29.3 Å². The molecule has 0 radical (unpaired) electrons. The van der Waals surface area contributed by atoms with Crippen molar-refractivity contribution in [1.82, 2.24) is 5.32 Å². The molecule has 3 nitrogen and oxygen atoms in total. The Morgan fingerprint density at radius 3 is 2.81 bits per heavy atom. The van der Waals surface area contributed by atoms with Crippen LogP contribution in [-0.4, -0.2) is 25.7 Å². The number of anilines is 1. The van der Waals surface area contributed by atoms with E-state index in [1.807, 2.05) is 0 Å². The zero-order chi connectivity index (χ0) is 15.0. The first-order valence-corrected chi connectivity index (χ1v) is 7.08. The summed E-state index contributed by atoms with van der Waals surface area (Å²) in [4.78, 5) is 2.09. The zero-order valence-electron chi connectivity index (χ0n) is 11.5. The molecule has 0 amide bonds. The molecule has 2 unspecified atom stereocenters. The van der Waals surface area contributed by atoms with E-state index in [0.29, 0.717) is 17.6 Å². The number of alkyl halides is 3. The highest BCUT2D eigenvalue weighted by molar-refractivity contribution is 5.55. The summed E-state index contributed by atoms with van der Waals surface area (Å²) in [6.45, 7) is 2.66. The fraction of sp³-hybridized carbons (Fsp3) is 0.533. The number of benzene rings is 1. The minimum absolute atomic E-state index is 0.299. The van der Waals surface area contributed by atoms with Crippen LogP contribution in [0.15, 0.2) is 18.2 Å². The largest absolute Gasteiger partial charge is 0.417 e. The second kappa shape index (κ2) is 5.23. The second-order valence-corrected chi connectivity index (χ2v) is 5.68. The number of hydrogen-bond acceptors (Lipinski definition) is 3. The monoisotopic (exact) mass is 295 g/mol. The molecule has 2 heterocycles. The molecule has 1 aromatic carbocycles. The Labute approximate surface area is 121 Å². The number of nitrogens with one attached hydrogen (secondary N) is 1. The first kappa shape index (κ1) is 14.2. The van der Waals surface area contributed by atoms with Crippen molar-refractivity contribution in [3.8, 4) is 6.07 Å². The van der Waals surface area contributed by atoms with Crippen molar-refractivity contribution in [3.63, 3.8) is 0 Å². The SMILES string of the molecule is N#Cc1cc(N2CCC3NCCC3C2)ccc1C(F)(F)F. The molecule has 2 fully saturated rings. The van der Waals surface area contributed by atoms with Gasteiger partial charge < -0.3 is 10.2 Å². The molecule has 3 rings (SSSR count). The molecule has 2 aliphatic heterocycles. The van der Waals surface area contributed by atoms with E-state index in [4.69, 9.17) is 5.26 Å². The van der Waals surface area contributed by atoms with Crippen LogP contribution in [-0.2, 0) is 6.18 Å². The average Bonchev–Trinajstić information content (AvgIpc) is 2.93. The molecule has 112 valence electrons. The van der Waals surface area contributed by atoms with Gasteiger partial charge in [0, 0.05) is 24.8 Å². The summed E-state index contributed by atoms with van der Waals surface area (Å²) in [5.74, 6) is 0.548. The Kier molecular flexibility index (Phi) is 3.54. The van der Waals surface area contributed by atoms with Gasteiger partial charge in [-0.3, -0.25) is 0 Å². The van der Waals surface area contributed by atoms with Crippen LogP contribution >= 0.6 is 0 Å². The highest BCUT2D eigenvalue weighted by Gasteiger charge is 2.35. The maximum absolute atomic E-state index is 12.8. The van der Waals surface area contributed by atoms with Crippen LogP contribution in [0.3, 0.4) is 0 Å². The number of hydrogen-bond donors (Lipinski definition) is 1. The summed E-state index contributed by atoms with van der Waals surface area (Å²) in [6, 6.07) is 6.07. The molecule has 0 saturated carbocycles.